The van der Waals surface area contributed by atoms with Crippen molar-refractivity contribution in [3.05, 3.63) is 151 Å². The number of rotatable bonds is 4. The molecule has 0 aliphatic rings. The molecular weight excluding hydrogens is 648 g/mol. The molecule has 8 aromatic rings. The highest BCUT2D eigenvalue weighted by atomic mass is 19.4. The first-order valence-corrected chi connectivity index (χ1v) is 15.6. The first-order chi connectivity index (χ1) is 24.0. The minimum atomic E-state index is -4.97. The second-order valence-electron chi connectivity index (χ2n) is 11.9. The number of fused-ring (bicyclic) bond motifs is 5. The van der Waals surface area contributed by atoms with Gasteiger partial charge in [-0.3, -0.25) is 0 Å². The number of benzene rings is 6. The van der Waals surface area contributed by atoms with Crippen molar-refractivity contribution in [1.82, 2.24) is 15.0 Å². The first kappa shape index (κ1) is 31.2. The molecule has 0 amide bonds. The van der Waals surface area contributed by atoms with Crippen LogP contribution in [0.25, 0.3) is 77.6 Å². The van der Waals surface area contributed by atoms with Crippen molar-refractivity contribution in [1.29, 1.82) is 0 Å². The molecule has 2 heterocycles. The SMILES string of the molecule is FC(F)(F)c1cc(-c2cccc(-c3nc4ccccc4c4c3ccc3nc(-c5ccccc5)c(-c5ccccc5)nc34)c2)cc(C(F)(F)F)c1. The third-order valence-corrected chi connectivity index (χ3v) is 8.65. The van der Waals surface area contributed by atoms with Crippen molar-refractivity contribution in [3.8, 4) is 44.9 Å². The zero-order chi connectivity index (χ0) is 34.6. The van der Waals surface area contributed by atoms with Crippen LogP contribution in [0.15, 0.2) is 140 Å². The molecule has 0 unspecified atom stereocenters. The number of hydrogen-bond acceptors (Lipinski definition) is 3. The van der Waals surface area contributed by atoms with E-state index < -0.39 is 23.5 Å². The summed E-state index contributed by atoms with van der Waals surface area (Å²) < 4.78 is 82.3. The fourth-order valence-corrected chi connectivity index (χ4v) is 6.34. The van der Waals surface area contributed by atoms with E-state index in [2.05, 4.69) is 0 Å². The van der Waals surface area contributed by atoms with E-state index in [4.69, 9.17) is 15.0 Å². The molecule has 0 spiro atoms. The van der Waals surface area contributed by atoms with Crippen LogP contribution >= 0.6 is 0 Å². The molecule has 0 bridgehead atoms. The van der Waals surface area contributed by atoms with Crippen LogP contribution in [0.4, 0.5) is 26.3 Å². The van der Waals surface area contributed by atoms with E-state index in [1.807, 2.05) is 97.1 Å². The molecule has 0 saturated heterocycles. The van der Waals surface area contributed by atoms with E-state index >= 15 is 0 Å². The van der Waals surface area contributed by atoms with E-state index in [0.29, 0.717) is 44.6 Å². The van der Waals surface area contributed by atoms with Crippen molar-refractivity contribution in [3.63, 3.8) is 0 Å². The third-order valence-electron chi connectivity index (χ3n) is 8.65. The monoisotopic (exact) mass is 671 g/mol. The Labute approximate surface area is 281 Å². The molecule has 0 atom stereocenters. The molecule has 0 aliphatic carbocycles. The van der Waals surface area contributed by atoms with Gasteiger partial charge in [0.2, 0.25) is 0 Å². The molecule has 0 radical (unpaired) electrons. The lowest BCUT2D eigenvalue weighted by atomic mass is 9.94. The predicted octanol–water partition coefficient (Wildman–Crippen LogP) is 12.0. The molecule has 2 aromatic heterocycles. The number of pyridine rings is 1. The lowest BCUT2D eigenvalue weighted by Gasteiger charge is -2.16. The minimum absolute atomic E-state index is 0.130. The number of nitrogens with zero attached hydrogens (tertiary/aromatic N) is 3. The van der Waals surface area contributed by atoms with Gasteiger partial charge >= 0.3 is 12.4 Å². The van der Waals surface area contributed by atoms with Crippen molar-refractivity contribution < 1.29 is 26.3 Å². The van der Waals surface area contributed by atoms with E-state index in [-0.39, 0.29) is 17.2 Å². The van der Waals surface area contributed by atoms with E-state index in [1.54, 1.807) is 18.2 Å². The Balaban J connectivity index is 1.39. The van der Waals surface area contributed by atoms with Crippen molar-refractivity contribution in [2.75, 3.05) is 0 Å². The summed E-state index contributed by atoms with van der Waals surface area (Å²) in [6.07, 6.45) is -9.93. The number of para-hydroxylation sites is 1. The summed E-state index contributed by atoms with van der Waals surface area (Å²) in [4.78, 5) is 15.4. The highest BCUT2D eigenvalue weighted by molar-refractivity contribution is 6.21. The van der Waals surface area contributed by atoms with Crippen molar-refractivity contribution >= 4 is 32.7 Å². The summed E-state index contributed by atoms with van der Waals surface area (Å²) in [7, 11) is 0. The zero-order valence-electron chi connectivity index (χ0n) is 25.9. The van der Waals surface area contributed by atoms with Gasteiger partial charge in [0.25, 0.3) is 0 Å². The molecule has 8 rings (SSSR count). The lowest BCUT2D eigenvalue weighted by molar-refractivity contribution is -0.143. The van der Waals surface area contributed by atoms with Crippen LogP contribution in [0.2, 0.25) is 0 Å². The molecule has 244 valence electrons. The van der Waals surface area contributed by atoms with Gasteiger partial charge in [0.15, 0.2) is 0 Å². The fourth-order valence-electron chi connectivity index (χ4n) is 6.34. The molecule has 0 N–H and O–H groups in total. The summed E-state index contributed by atoms with van der Waals surface area (Å²) in [6, 6.07) is 38.8. The van der Waals surface area contributed by atoms with Gasteiger partial charge < -0.3 is 0 Å². The van der Waals surface area contributed by atoms with Crippen LogP contribution in [0.1, 0.15) is 11.1 Å². The molecule has 0 saturated carbocycles. The van der Waals surface area contributed by atoms with Gasteiger partial charge in [-0.05, 0) is 53.6 Å². The van der Waals surface area contributed by atoms with Crippen LogP contribution in [0.3, 0.4) is 0 Å². The van der Waals surface area contributed by atoms with Crippen LogP contribution in [-0.2, 0) is 12.4 Å². The molecule has 0 fully saturated rings. The maximum absolute atomic E-state index is 13.7. The van der Waals surface area contributed by atoms with E-state index in [1.165, 1.54) is 6.07 Å². The topological polar surface area (TPSA) is 38.7 Å². The quantitative estimate of drug-likeness (QED) is 0.138. The second-order valence-corrected chi connectivity index (χ2v) is 11.9. The Morgan fingerprint density at radius 2 is 0.900 bits per heavy atom. The summed E-state index contributed by atoms with van der Waals surface area (Å²) in [5.74, 6) is 0. The second kappa shape index (κ2) is 11.8. The van der Waals surface area contributed by atoms with Gasteiger partial charge in [-0.15, -0.1) is 0 Å². The average Bonchev–Trinajstić information content (AvgIpc) is 3.13. The van der Waals surface area contributed by atoms with Gasteiger partial charge in [0.05, 0.1) is 44.8 Å². The Bertz CT molecular complexity index is 2530. The Morgan fingerprint density at radius 3 is 1.54 bits per heavy atom. The Hall–Kier alpha value is -6.09. The molecule has 9 heteroatoms. The Morgan fingerprint density at radius 1 is 0.360 bits per heavy atom. The number of aromatic nitrogens is 3. The minimum Gasteiger partial charge on any atom is -0.247 e. The van der Waals surface area contributed by atoms with Crippen LogP contribution in [0, 0.1) is 0 Å². The summed E-state index contributed by atoms with van der Waals surface area (Å²) in [6.45, 7) is 0. The van der Waals surface area contributed by atoms with Gasteiger partial charge in [0, 0.05) is 32.8 Å². The van der Waals surface area contributed by atoms with Gasteiger partial charge in [-0.25, -0.2) is 15.0 Å². The molecule has 50 heavy (non-hydrogen) atoms. The summed E-state index contributed by atoms with van der Waals surface area (Å²) in [5.41, 5.74) is 3.33. The fraction of sp³-hybridized carbons (Fsp3) is 0.0488. The van der Waals surface area contributed by atoms with Gasteiger partial charge in [-0.1, -0.05) is 97.1 Å². The molecule has 3 nitrogen and oxygen atoms in total. The summed E-state index contributed by atoms with van der Waals surface area (Å²) >= 11 is 0. The van der Waals surface area contributed by atoms with Gasteiger partial charge in [-0.2, -0.15) is 26.3 Å². The van der Waals surface area contributed by atoms with Crippen LogP contribution in [0.5, 0.6) is 0 Å². The molecular formula is C41H23F6N3. The van der Waals surface area contributed by atoms with E-state index in [0.717, 1.165) is 34.0 Å². The predicted molar refractivity (Wildman–Crippen MR) is 184 cm³/mol. The highest BCUT2D eigenvalue weighted by Gasteiger charge is 2.37. The van der Waals surface area contributed by atoms with E-state index in [9.17, 15) is 26.3 Å². The number of halogens is 6. The van der Waals surface area contributed by atoms with Crippen LogP contribution in [-0.4, -0.2) is 15.0 Å². The normalized spacial score (nSPS) is 12.2. The number of alkyl halides is 6. The first-order valence-electron chi connectivity index (χ1n) is 15.6. The number of hydrogen-bond donors (Lipinski definition) is 0. The van der Waals surface area contributed by atoms with Crippen molar-refractivity contribution in [2.45, 2.75) is 12.4 Å². The standard InChI is InChI=1S/C41H23F6N3/c42-40(43,44)29-21-28(22-30(23-29)41(45,46)47)26-14-9-15-27(20-26)36-32-18-19-34-39(35(32)31-16-7-8-17-33(31)48-36)50-38(25-12-5-2-6-13-25)37(49-34)24-10-3-1-4-11-24/h1-23H. The zero-order valence-corrected chi connectivity index (χ0v) is 25.9. The van der Waals surface area contributed by atoms with Crippen LogP contribution < -0.4 is 0 Å². The smallest absolute Gasteiger partial charge is 0.247 e. The Kier molecular flexibility index (Phi) is 7.36. The summed E-state index contributed by atoms with van der Waals surface area (Å²) in [5, 5.41) is 2.30. The molecule has 6 aromatic carbocycles. The van der Waals surface area contributed by atoms with Gasteiger partial charge in [0.1, 0.15) is 0 Å². The highest BCUT2D eigenvalue weighted by Crippen LogP contribution is 2.42. The largest absolute Gasteiger partial charge is 0.416 e. The average molecular weight is 672 g/mol. The maximum Gasteiger partial charge on any atom is 0.416 e. The lowest BCUT2D eigenvalue weighted by Crippen LogP contribution is -2.11. The van der Waals surface area contributed by atoms with Crippen molar-refractivity contribution in [2.24, 2.45) is 0 Å². The maximum atomic E-state index is 13.7. The third kappa shape index (κ3) is 5.60. The molecule has 0 aliphatic heterocycles.